The van der Waals surface area contributed by atoms with Gasteiger partial charge in [-0.1, -0.05) is 6.07 Å². The van der Waals surface area contributed by atoms with Gasteiger partial charge in [-0.25, -0.2) is 0 Å². The van der Waals surface area contributed by atoms with Crippen molar-refractivity contribution < 1.29 is 19.3 Å². The van der Waals surface area contributed by atoms with Crippen LogP contribution in [0.2, 0.25) is 0 Å². The number of aromatic nitrogens is 3. The molecule has 0 saturated carbocycles. The number of pyridine rings is 1. The molecule has 0 fully saturated rings. The molecule has 1 aliphatic heterocycles. The number of aryl methyl sites for hydroxylation is 2. The summed E-state index contributed by atoms with van der Waals surface area (Å²) in [7, 11) is 1.61. The summed E-state index contributed by atoms with van der Waals surface area (Å²) in [6.45, 7) is 1.22. The number of methoxy groups -OCH3 is 1. The number of aromatic hydroxyl groups is 1. The number of benzene rings is 1. The van der Waals surface area contributed by atoms with Crippen LogP contribution in [-0.2, 0) is 13.0 Å². The van der Waals surface area contributed by atoms with Crippen LogP contribution in [0.15, 0.2) is 36.4 Å². The molecule has 4 rings (SSSR count). The highest BCUT2D eigenvalue weighted by atomic mass is 16.5. The van der Waals surface area contributed by atoms with Crippen molar-refractivity contribution in [1.29, 1.82) is 0 Å². The van der Waals surface area contributed by atoms with E-state index in [1.54, 1.807) is 17.7 Å². The van der Waals surface area contributed by atoms with Crippen LogP contribution in [0, 0.1) is 0 Å². The Morgan fingerprint density at radius 3 is 2.78 bits per heavy atom. The fraction of sp³-hybridized carbons (Fsp3) is 0.263. The third-order valence-corrected chi connectivity index (χ3v) is 4.40. The summed E-state index contributed by atoms with van der Waals surface area (Å²) in [6.07, 6.45) is 4.37. The van der Waals surface area contributed by atoms with E-state index in [9.17, 15) is 5.11 Å². The first-order valence-corrected chi connectivity index (χ1v) is 8.59. The smallest absolute Gasteiger partial charge is 0.294 e. The lowest BCUT2D eigenvalue weighted by Crippen LogP contribution is -2.03. The molecule has 0 aliphatic carbocycles. The number of hydrogen-bond donors (Lipinski definition) is 2. The van der Waals surface area contributed by atoms with Crippen LogP contribution in [0.5, 0.6) is 23.4 Å². The van der Waals surface area contributed by atoms with E-state index >= 15 is 0 Å². The van der Waals surface area contributed by atoms with E-state index in [1.165, 1.54) is 0 Å². The van der Waals surface area contributed by atoms with Gasteiger partial charge in [0.2, 0.25) is 5.88 Å². The maximum atomic E-state index is 10.3. The van der Waals surface area contributed by atoms with Gasteiger partial charge in [0.05, 0.1) is 12.6 Å². The molecule has 2 aromatic heterocycles. The van der Waals surface area contributed by atoms with Crippen molar-refractivity contribution in [1.82, 2.24) is 14.5 Å². The minimum Gasteiger partial charge on any atom is -0.493 e. The first-order valence-electron chi connectivity index (χ1n) is 8.59. The van der Waals surface area contributed by atoms with Crippen LogP contribution < -0.4 is 19.9 Å². The zero-order valence-corrected chi connectivity index (χ0v) is 14.9. The predicted molar refractivity (Wildman–Crippen MR) is 100 cm³/mol. The quantitative estimate of drug-likeness (QED) is 0.635. The van der Waals surface area contributed by atoms with E-state index in [0.29, 0.717) is 54.6 Å². The molecule has 1 aliphatic rings. The Balaban J connectivity index is 1.76. The van der Waals surface area contributed by atoms with Crippen LogP contribution in [-0.4, -0.2) is 40.0 Å². The van der Waals surface area contributed by atoms with Gasteiger partial charge in [-0.2, -0.15) is 9.97 Å². The number of anilines is 1. The molecule has 8 nitrogen and oxygen atoms in total. The lowest BCUT2D eigenvalue weighted by Gasteiger charge is -2.12. The highest BCUT2D eigenvalue weighted by molar-refractivity contribution is 5.86. The molecular weight excluding hydrogens is 348 g/mol. The number of nitrogen functional groups attached to an aromatic ring is 1. The van der Waals surface area contributed by atoms with Crippen molar-refractivity contribution in [3.63, 3.8) is 0 Å². The van der Waals surface area contributed by atoms with E-state index in [4.69, 9.17) is 19.9 Å². The number of ether oxygens (including phenoxy) is 3. The second-order valence-corrected chi connectivity index (χ2v) is 6.11. The van der Waals surface area contributed by atoms with E-state index in [0.717, 1.165) is 5.56 Å². The zero-order chi connectivity index (χ0) is 18.8. The molecule has 0 radical (unpaired) electrons. The molecule has 0 unspecified atom stereocenters. The molecular formula is C19H20N4O4. The number of rotatable bonds is 1. The van der Waals surface area contributed by atoms with Crippen LogP contribution in [0.1, 0.15) is 5.56 Å². The number of imidazole rings is 1. The van der Waals surface area contributed by atoms with Gasteiger partial charge in [-0.05, 0) is 36.3 Å². The second kappa shape index (κ2) is 7.06. The standard InChI is InChI=1S/C19H20N4O4/c1-25-14-5-4-12-6-7-23-13-11-16(21-18(20)17(13)22-19(23)24)27-9-3-2-8-26-15(14)10-12/h2-5,10-11H,6-9H2,1H3,(H2,20,21)(H,22,24)/b3-2+. The number of hydrogen-bond acceptors (Lipinski definition) is 7. The minimum absolute atomic E-state index is 0.107. The summed E-state index contributed by atoms with van der Waals surface area (Å²) in [5, 5.41) is 10.3. The SMILES string of the molecule is COc1ccc2cc1OC/C=C/COc1cc3c(nc(O)n3CC2)c(N)n1. The van der Waals surface area contributed by atoms with Crippen LogP contribution >= 0.6 is 0 Å². The molecule has 3 N–H and O–H groups in total. The topological polar surface area (TPSA) is 105 Å². The lowest BCUT2D eigenvalue weighted by molar-refractivity contribution is 0.322. The van der Waals surface area contributed by atoms with E-state index in [1.807, 2.05) is 30.4 Å². The normalized spacial score (nSPS) is 15.4. The Bertz CT molecular complexity index is 1010. The summed E-state index contributed by atoms with van der Waals surface area (Å²) >= 11 is 0. The molecule has 3 heterocycles. The van der Waals surface area contributed by atoms with Crippen molar-refractivity contribution in [2.75, 3.05) is 26.1 Å². The third kappa shape index (κ3) is 3.33. The predicted octanol–water partition coefficient (Wildman–Crippen LogP) is 2.30. The monoisotopic (exact) mass is 368 g/mol. The first-order chi connectivity index (χ1) is 13.2. The molecule has 27 heavy (non-hydrogen) atoms. The Kier molecular flexibility index (Phi) is 4.45. The van der Waals surface area contributed by atoms with Gasteiger partial charge in [-0.15, -0.1) is 0 Å². The van der Waals surface area contributed by atoms with Crippen molar-refractivity contribution in [2.24, 2.45) is 0 Å². The van der Waals surface area contributed by atoms with E-state index in [2.05, 4.69) is 9.97 Å². The van der Waals surface area contributed by atoms with Gasteiger partial charge in [0.1, 0.15) is 18.7 Å². The van der Waals surface area contributed by atoms with Crippen LogP contribution in [0.25, 0.3) is 11.0 Å². The fourth-order valence-electron chi connectivity index (χ4n) is 3.04. The van der Waals surface area contributed by atoms with E-state index < -0.39 is 0 Å². The van der Waals surface area contributed by atoms with Crippen molar-refractivity contribution in [2.45, 2.75) is 13.0 Å². The summed E-state index contributed by atoms with van der Waals surface area (Å²) in [6, 6.07) is 7.43. The molecule has 4 bridgehead atoms. The summed E-state index contributed by atoms with van der Waals surface area (Å²) in [4.78, 5) is 8.33. The molecule has 8 heteroatoms. The average Bonchev–Trinajstić information content (AvgIpc) is 2.98. The molecule has 0 atom stereocenters. The summed E-state index contributed by atoms with van der Waals surface area (Å²) in [5.41, 5.74) is 8.17. The van der Waals surface area contributed by atoms with Gasteiger partial charge in [0, 0.05) is 12.6 Å². The average molecular weight is 368 g/mol. The highest BCUT2D eigenvalue weighted by Crippen LogP contribution is 2.30. The number of nitrogens with zero attached hydrogens (tertiary/aromatic N) is 3. The highest BCUT2D eigenvalue weighted by Gasteiger charge is 2.16. The Morgan fingerprint density at radius 2 is 1.96 bits per heavy atom. The molecule has 1 aromatic carbocycles. The Morgan fingerprint density at radius 1 is 1.15 bits per heavy atom. The maximum absolute atomic E-state index is 10.3. The van der Waals surface area contributed by atoms with Crippen molar-refractivity contribution in [3.8, 4) is 23.4 Å². The van der Waals surface area contributed by atoms with Crippen molar-refractivity contribution >= 4 is 16.9 Å². The molecule has 140 valence electrons. The second-order valence-electron chi connectivity index (χ2n) is 6.11. The Hall–Kier alpha value is -3.42. The first kappa shape index (κ1) is 17.0. The molecule has 0 amide bonds. The largest absolute Gasteiger partial charge is 0.493 e. The van der Waals surface area contributed by atoms with Gasteiger partial charge in [-0.3, -0.25) is 4.57 Å². The third-order valence-electron chi connectivity index (χ3n) is 4.40. The van der Waals surface area contributed by atoms with Gasteiger partial charge < -0.3 is 25.1 Å². The van der Waals surface area contributed by atoms with Crippen LogP contribution in [0.4, 0.5) is 5.82 Å². The summed E-state index contributed by atoms with van der Waals surface area (Å²) in [5.74, 6) is 1.94. The fourth-order valence-corrected chi connectivity index (χ4v) is 3.04. The van der Waals surface area contributed by atoms with E-state index in [-0.39, 0.29) is 11.8 Å². The number of fused-ring (bicyclic) bond motifs is 3. The minimum atomic E-state index is -0.107. The zero-order valence-electron chi connectivity index (χ0n) is 14.9. The van der Waals surface area contributed by atoms with Crippen molar-refractivity contribution in [3.05, 3.63) is 42.0 Å². The van der Waals surface area contributed by atoms with Gasteiger partial charge in [0.25, 0.3) is 6.01 Å². The van der Waals surface area contributed by atoms with Crippen LogP contribution in [0.3, 0.4) is 0 Å². The molecule has 3 aromatic rings. The maximum Gasteiger partial charge on any atom is 0.294 e. The number of nitrogens with two attached hydrogens (primary N) is 1. The van der Waals surface area contributed by atoms with Gasteiger partial charge >= 0.3 is 0 Å². The molecule has 0 saturated heterocycles. The van der Waals surface area contributed by atoms with Gasteiger partial charge in [0.15, 0.2) is 17.3 Å². The lowest BCUT2D eigenvalue weighted by atomic mass is 10.1. The summed E-state index contributed by atoms with van der Waals surface area (Å²) < 4.78 is 18.5. The Labute approximate surface area is 155 Å². The molecule has 0 spiro atoms.